The molecule has 0 aliphatic heterocycles. The molecule has 0 aliphatic rings. The normalized spacial score (nSPS) is 12.9. The van der Waals surface area contributed by atoms with Crippen LogP contribution in [-0.2, 0) is 0 Å². The first kappa shape index (κ1) is 15.0. The minimum atomic E-state index is 0.305. The van der Waals surface area contributed by atoms with Gasteiger partial charge in [0, 0.05) is 0 Å². The summed E-state index contributed by atoms with van der Waals surface area (Å²) in [4.78, 5) is 4.77. The molecule has 2 aromatic carbocycles. The molecule has 0 bridgehead atoms. The first-order valence-corrected chi connectivity index (χ1v) is 7.85. The molecule has 1 radical (unpaired) electrons. The molecule has 1 atom stereocenters. The second-order valence-corrected chi connectivity index (χ2v) is 5.97. The molecule has 0 heterocycles. The van der Waals surface area contributed by atoms with Crippen molar-refractivity contribution in [2.75, 3.05) is 0 Å². The van der Waals surface area contributed by atoms with Gasteiger partial charge in [0.1, 0.15) is 0 Å². The summed E-state index contributed by atoms with van der Waals surface area (Å²) in [7, 11) is 0. The molecule has 0 spiro atoms. The van der Waals surface area contributed by atoms with Crippen LogP contribution in [0.5, 0.6) is 0 Å². The Balaban J connectivity index is 2.29. The van der Waals surface area contributed by atoms with Gasteiger partial charge in [0.05, 0.1) is 0 Å². The molecule has 0 aromatic heterocycles. The topological polar surface area (TPSA) is 12.4 Å². The number of benzene rings is 2. The van der Waals surface area contributed by atoms with E-state index in [1.807, 2.05) is 34.4 Å². The Hall–Kier alpha value is -1.36. The average Bonchev–Trinajstić information content (AvgIpc) is 2.48. The van der Waals surface area contributed by atoms with Crippen LogP contribution in [0.1, 0.15) is 23.5 Å². The second kappa shape index (κ2) is 7.43. The zero-order valence-electron chi connectivity index (χ0n) is 11.6. The van der Waals surface area contributed by atoms with E-state index in [0.717, 1.165) is 15.9 Å². The average molecular weight is 376 g/mol. The third-order valence-electron chi connectivity index (χ3n) is 3.18. The fourth-order valence-corrected chi connectivity index (χ4v) is 3.02. The standard InChI is InChI=1S/C18H18NTe/c1-3-7-17(15-8-5-4-6-9-15)18(20)19-16-12-10-14(2)11-13-16/h3-6,8-13,17H,1,7H2,2H3. The van der Waals surface area contributed by atoms with E-state index in [4.69, 9.17) is 4.99 Å². The monoisotopic (exact) mass is 378 g/mol. The molecule has 1 unspecified atom stereocenters. The Morgan fingerprint density at radius 1 is 1.15 bits per heavy atom. The van der Waals surface area contributed by atoms with Crippen molar-refractivity contribution in [2.24, 2.45) is 4.99 Å². The van der Waals surface area contributed by atoms with E-state index < -0.39 is 0 Å². The zero-order valence-corrected chi connectivity index (χ0v) is 14.0. The van der Waals surface area contributed by atoms with Crippen LogP contribution in [0, 0.1) is 6.92 Å². The van der Waals surface area contributed by atoms with Gasteiger partial charge in [-0.25, -0.2) is 0 Å². The van der Waals surface area contributed by atoms with Gasteiger partial charge in [-0.05, 0) is 0 Å². The van der Waals surface area contributed by atoms with Crippen LogP contribution in [-0.4, -0.2) is 26.1 Å². The number of aryl methyl sites for hydroxylation is 1. The van der Waals surface area contributed by atoms with Gasteiger partial charge in [-0.2, -0.15) is 0 Å². The van der Waals surface area contributed by atoms with Crippen LogP contribution < -0.4 is 0 Å². The molecule has 0 fully saturated rings. The molecule has 2 aromatic rings. The van der Waals surface area contributed by atoms with Crippen molar-refractivity contribution in [3.05, 3.63) is 78.4 Å². The quantitative estimate of drug-likeness (QED) is 0.413. The van der Waals surface area contributed by atoms with Crippen molar-refractivity contribution in [1.82, 2.24) is 0 Å². The first-order chi connectivity index (χ1) is 9.70. The number of rotatable bonds is 5. The molecule has 1 nitrogen and oxygen atoms in total. The molecule has 2 rings (SSSR count). The summed E-state index contributed by atoms with van der Waals surface area (Å²) in [5.41, 5.74) is 3.57. The van der Waals surface area contributed by atoms with Crippen molar-refractivity contribution in [3.8, 4) is 0 Å². The number of nitrogens with zero attached hydrogens (tertiary/aromatic N) is 1. The van der Waals surface area contributed by atoms with E-state index in [1.165, 1.54) is 11.1 Å². The zero-order chi connectivity index (χ0) is 14.4. The van der Waals surface area contributed by atoms with E-state index >= 15 is 0 Å². The first-order valence-electron chi connectivity index (χ1n) is 6.69. The Morgan fingerprint density at radius 3 is 2.40 bits per heavy atom. The van der Waals surface area contributed by atoms with Gasteiger partial charge in [-0.1, -0.05) is 0 Å². The summed E-state index contributed by atoms with van der Waals surface area (Å²) in [5, 5.41) is 0. The van der Waals surface area contributed by atoms with Gasteiger partial charge in [0.15, 0.2) is 0 Å². The molecule has 2 heteroatoms. The van der Waals surface area contributed by atoms with Crippen molar-refractivity contribution in [1.29, 1.82) is 0 Å². The van der Waals surface area contributed by atoms with Gasteiger partial charge in [0.25, 0.3) is 0 Å². The Morgan fingerprint density at radius 2 is 1.80 bits per heavy atom. The summed E-state index contributed by atoms with van der Waals surface area (Å²) in [6, 6.07) is 18.8. The Kier molecular flexibility index (Phi) is 5.59. The van der Waals surface area contributed by atoms with Crippen LogP contribution in [0.4, 0.5) is 5.69 Å². The van der Waals surface area contributed by atoms with E-state index in [2.05, 4.69) is 62.0 Å². The number of hydrogen-bond acceptors (Lipinski definition) is 1. The number of hydrogen-bond donors (Lipinski definition) is 0. The molecule has 0 aliphatic carbocycles. The number of allylic oxidation sites excluding steroid dienone is 1. The third-order valence-corrected chi connectivity index (χ3v) is 4.25. The second-order valence-electron chi connectivity index (χ2n) is 4.77. The summed E-state index contributed by atoms with van der Waals surface area (Å²) in [6.45, 7) is 5.96. The fourth-order valence-electron chi connectivity index (χ4n) is 2.06. The summed E-state index contributed by atoms with van der Waals surface area (Å²) >= 11 is 2.02. The van der Waals surface area contributed by atoms with Gasteiger partial charge in [-0.3, -0.25) is 0 Å². The van der Waals surface area contributed by atoms with E-state index in [1.54, 1.807) is 0 Å². The maximum absolute atomic E-state index is 4.77. The van der Waals surface area contributed by atoms with Crippen molar-refractivity contribution in [3.63, 3.8) is 0 Å². The van der Waals surface area contributed by atoms with E-state index in [9.17, 15) is 0 Å². The molecule has 0 N–H and O–H groups in total. The maximum atomic E-state index is 4.77. The van der Waals surface area contributed by atoms with Crippen molar-refractivity contribution < 1.29 is 0 Å². The molecular formula is C18H18NTe. The molecule has 20 heavy (non-hydrogen) atoms. The molecular weight excluding hydrogens is 358 g/mol. The molecule has 101 valence electrons. The SMILES string of the molecule is C=CCC(C([Te])=Nc1ccc(C)cc1)c1ccccc1. The Bertz CT molecular complexity index is 585. The number of aliphatic imine (C=N–C) groups is 1. The van der Waals surface area contributed by atoms with Gasteiger partial charge < -0.3 is 0 Å². The third kappa shape index (κ3) is 4.07. The van der Waals surface area contributed by atoms with Gasteiger partial charge >= 0.3 is 134 Å². The molecule has 0 amide bonds. The van der Waals surface area contributed by atoms with Crippen LogP contribution in [0.2, 0.25) is 0 Å². The Labute approximate surface area is 134 Å². The fraction of sp³-hybridized carbons (Fsp3) is 0.167. The van der Waals surface area contributed by atoms with Crippen molar-refractivity contribution in [2.45, 2.75) is 19.3 Å². The van der Waals surface area contributed by atoms with Crippen LogP contribution in [0.15, 0.2) is 72.2 Å². The van der Waals surface area contributed by atoms with Gasteiger partial charge in [-0.15, -0.1) is 0 Å². The van der Waals surface area contributed by atoms with Crippen LogP contribution >= 0.6 is 0 Å². The summed E-state index contributed by atoms with van der Waals surface area (Å²) < 4.78 is 1.13. The van der Waals surface area contributed by atoms with E-state index in [-0.39, 0.29) is 0 Å². The predicted molar refractivity (Wildman–Crippen MR) is 88.0 cm³/mol. The molecule has 0 saturated heterocycles. The predicted octanol–water partition coefficient (Wildman–Crippen LogP) is 4.55. The summed E-state index contributed by atoms with van der Waals surface area (Å²) in [6.07, 6.45) is 2.88. The minimum absolute atomic E-state index is 0.305. The summed E-state index contributed by atoms with van der Waals surface area (Å²) in [5.74, 6) is 0.305. The van der Waals surface area contributed by atoms with Crippen LogP contribution in [0.25, 0.3) is 0 Å². The van der Waals surface area contributed by atoms with Crippen molar-refractivity contribution >= 4 is 31.7 Å². The van der Waals surface area contributed by atoms with E-state index in [0.29, 0.717) is 5.92 Å². The molecule has 0 saturated carbocycles. The van der Waals surface area contributed by atoms with Crippen LogP contribution in [0.3, 0.4) is 0 Å². The van der Waals surface area contributed by atoms with Gasteiger partial charge in [0.2, 0.25) is 0 Å².